The van der Waals surface area contributed by atoms with Gasteiger partial charge in [0.05, 0.1) is 22.8 Å². The van der Waals surface area contributed by atoms with Crippen LogP contribution in [0.3, 0.4) is 0 Å². The number of rotatable bonds is 5. The summed E-state index contributed by atoms with van der Waals surface area (Å²) >= 11 is 18.0. The molecule has 0 spiro atoms. The number of halogens is 3. The first-order chi connectivity index (χ1) is 12.0. The molecule has 5 nitrogen and oxygen atoms in total. The van der Waals surface area contributed by atoms with Crippen molar-refractivity contribution in [2.75, 3.05) is 17.7 Å². The Morgan fingerprint density at radius 1 is 0.920 bits per heavy atom. The SMILES string of the molecule is COc1ccc(Cl)cc1Nc1ccnc(Nc2ccc(Cl)c(Cl)c2)n1. The topological polar surface area (TPSA) is 59.1 Å². The van der Waals surface area contributed by atoms with E-state index in [9.17, 15) is 0 Å². The number of hydrogen-bond acceptors (Lipinski definition) is 5. The quantitative estimate of drug-likeness (QED) is 0.560. The van der Waals surface area contributed by atoms with Crippen LogP contribution in [0.25, 0.3) is 0 Å². The molecule has 8 heteroatoms. The molecule has 0 saturated heterocycles. The van der Waals surface area contributed by atoms with Gasteiger partial charge in [0.1, 0.15) is 11.6 Å². The molecule has 0 amide bonds. The van der Waals surface area contributed by atoms with E-state index in [1.165, 1.54) is 0 Å². The summed E-state index contributed by atoms with van der Waals surface area (Å²) in [5, 5.41) is 7.76. The van der Waals surface area contributed by atoms with Gasteiger partial charge < -0.3 is 15.4 Å². The normalized spacial score (nSPS) is 10.4. The van der Waals surface area contributed by atoms with Crippen LogP contribution in [0.2, 0.25) is 15.1 Å². The molecule has 1 heterocycles. The summed E-state index contributed by atoms with van der Waals surface area (Å²) in [6.07, 6.45) is 1.63. The smallest absolute Gasteiger partial charge is 0.229 e. The number of aromatic nitrogens is 2. The average molecular weight is 396 g/mol. The summed E-state index contributed by atoms with van der Waals surface area (Å²) in [6.45, 7) is 0. The van der Waals surface area contributed by atoms with Gasteiger partial charge in [-0.25, -0.2) is 4.98 Å². The monoisotopic (exact) mass is 394 g/mol. The van der Waals surface area contributed by atoms with E-state index < -0.39 is 0 Å². The summed E-state index contributed by atoms with van der Waals surface area (Å²) < 4.78 is 5.32. The van der Waals surface area contributed by atoms with Gasteiger partial charge in [-0.05, 0) is 42.5 Å². The Balaban J connectivity index is 1.82. The minimum absolute atomic E-state index is 0.407. The van der Waals surface area contributed by atoms with Crippen molar-refractivity contribution in [2.24, 2.45) is 0 Å². The number of nitrogens with one attached hydrogen (secondary N) is 2. The first kappa shape index (κ1) is 17.6. The van der Waals surface area contributed by atoms with Gasteiger partial charge in [-0.2, -0.15) is 4.98 Å². The molecule has 0 aliphatic carbocycles. The molecule has 0 aliphatic rings. The molecule has 0 unspecified atom stereocenters. The Morgan fingerprint density at radius 2 is 1.76 bits per heavy atom. The molecule has 3 aromatic rings. The second kappa shape index (κ2) is 7.78. The summed E-state index contributed by atoms with van der Waals surface area (Å²) in [6, 6.07) is 12.2. The zero-order valence-corrected chi connectivity index (χ0v) is 15.3. The van der Waals surface area contributed by atoms with Crippen LogP contribution in [0.1, 0.15) is 0 Å². The van der Waals surface area contributed by atoms with E-state index in [4.69, 9.17) is 39.5 Å². The van der Waals surface area contributed by atoms with Crippen molar-refractivity contribution in [1.82, 2.24) is 9.97 Å². The van der Waals surface area contributed by atoms with E-state index in [1.54, 1.807) is 55.8 Å². The highest BCUT2D eigenvalue weighted by molar-refractivity contribution is 6.42. The van der Waals surface area contributed by atoms with Gasteiger partial charge in [-0.1, -0.05) is 34.8 Å². The minimum atomic E-state index is 0.407. The van der Waals surface area contributed by atoms with Crippen molar-refractivity contribution in [3.8, 4) is 5.75 Å². The average Bonchev–Trinajstić information content (AvgIpc) is 2.59. The molecule has 0 bridgehead atoms. The highest BCUT2D eigenvalue weighted by Crippen LogP contribution is 2.30. The van der Waals surface area contributed by atoms with Gasteiger partial charge in [-0.15, -0.1) is 0 Å². The number of ether oxygens (including phenoxy) is 1. The molecule has 2 N–H and O–H groups in total. The highest BCUT2D eigenvalue weighted by atomic mass is 35.5. The van der Waals surface area contributed by atoms with Crippen molar-refractivity contribution in [3.05, 3.63) is 63.7 Å². The number of benzene rings is 2. The molecule has 0 atom stereocenters. The van der Waals surface area contributed by atoms with Crippen molar-refractivity contribution in [3.63, 3.8) is 0 Å². The predicted octanol–water partition coefficient (Wildman–Crippen LogP) is 5.93. The zero-order valence-electron chi connectivity index (χ0n) is 13.1. The van der Waals surface area contributed by atoms with Gasteiger partial charge in [-0.3, -0.25) is 0 Å². The van der Waals surface area contributed by atoms with Crippen molar-refractivity contribution in [1.29, 1.82) is 0 Å². The summed E-state index contributed by atoms with van der Waals surface area (Å²) in [7, 11) is 1.59. The van der Waals surface area contributed by atoms with Crippen molar-refractivity contribution in [2.45, 2.75) is 0 Å². The molecule has 0 saturated carbocycles. The van der Waals surface area contributed by atoms with Gasteiger partial charge in [0.25, 0.3) is 0 Å². The van der Waals surface area contributed by atoms with E-state index >= 15 is 0 Å². The Hall–Kier alpha value is -2.21. The number of methoxy groups -OCH3 is 1. The van der Waals surface area contributed by atoms with Crippen LogP contribution < -0.4 is 15.4 Å². The van der Waals surface area contributed by atoms with Crippen molar-refractivity contribution < 1.29 is 4.74 Å². The van der Waals surface area contributed by atoms with E-state index in [1.807, 2.05) is 0 Å². The molecule has 1 aromatic heterocycles. The van der Waals surface area contributed by atoms with Crippen LogP contribution in [0.5, 0.6) is 5.75 Å². The maximum Gasteiger partial charge on any atom is 0.229 e. The van der Waals surface area contributed by atoms with Gasteiger partial charge in [0, 0.05) is 16.9 Å². The van der Waals surface area contributed by atoms with Crippen LogP contribution in [-0.2, 0) is 0 Å². The number of anilines is 4. The van der Waals surface area contributed by atoms with E-state index in [0.717, 1.165) is 5.69 Å². The maximum absolute atomic E-state index is 6.04. The molecule has 2 aromatic carbocycles. The van der Waals surface area contributed by atoms with Crippen LogP contribution in [0.4, 0.5) is 23.1 Å². The number of nitrogens with zero attached hydrogens (tertiary/aromatic N) is 2. The fourth-order valence-corrected chi connectivity index (χ4v) is 2.58. The molecular formula is C17H13Cl3N4O. The molecule has 3 rings (SSSR count). The highest BCUT2D eigenvalue weighted by Gasteiger charge is 2.07. The van der Waals surface area contributed by atoms with Gasteiger partial charge >= 0.3 is 0 Å². The third-order valence-corrected chi connectivity index (χ3v) is 4.23. The first-order valence-electron chi connectivity index (χ1n) is 7.21. The lowest BCUT2D eigenvalue weighted by Crippen LogP contribution is -2.01. The third-order valence-electron chi connectivity index (χ3n) is 3.26. The minimum Gasteiger partial charge on any atom is -0.495 e. The fourth-order valence-electron chi connectivity index (χ4n) is 2.11. The van der Waals surface area contributed by atoms with Crippen LogP contribution in [0, 0.1) is 0 Å². The third kappa shape index (κ3) is 4.45. The molecule has 0 radical (unpaired) electrons. The lowest BCUT2D eigenvalue weighted by atomic mass is 10.3. The van der Waals surface area contributed by atoms with Crippen molar-refractivity contribution >= 4 is 57.9 Å². The van der Waals surface area contributed by atoms with Crippen LogP contribution in [-0.4, -0.2) is 17.1 Å². The van der Waals surface area contributed by atoms with E-state index in [-0.39, 0.29) is 0 Å². The Kier molecular flexibility index (Phi) is 5.48. The Labute approximate surface area is 159 Å². The predicted molar refractivity (Wildman–Crippen MR) is 103 cm³/mol. The second-order valence-corrected chi connectivity index (χ2v) is 6.24. The summed E-state index contributed by atoms with van der Waals surface area (Å²) in [4.78, 5) is 8.61. The van der Waals surface area contributed by atoms with Gasteiger partial charge in [0.2, 0.25) is 5.95 Å². The molecule has 128 valence electrons. The van der Waals surface area contributed by atoms with Gasteiger partial charge in [0.15, 0.2) is 0 Å². The Morgan fingerprint density at radius 3 is 2.52 bits per heavy atom. The maximum atomic E-state index is 6.04. The molecule has 0 aliphatic heterocycles. The lowest BCUT2D eigenvalue weighted by molar-refractivity contribution is 0.417. The van der Waals surface area contributed by atoms with Crippen LogP contribution in [0.15, 0.2) is 48.7 Å². The second-order valence-electron chi connectivity index (χ2n) is 4.99. The van der Waals surface area contributed by atoms with E-state index in [2.05, 4.69) is 20.6 Å². The largest absolute Gasteiger partial charge is 0.495 e. The Bertz CT molecular complexity index is 905. The van der Waals surface area contributed by atoms with Crippen LogP contribution >= 0.6 is 34.8 Å². The molecule has 25 heavy (non-hydrogen) atoms. The first-order valence-corrected chi connectivity index (χ1v) is 8.34. The summed E-state index contributed by atoms with van der Waals surface area (Å²) in [5.74, 6) is 1.64. The molecule has 0 fully saturated rings. The number of hydrogen-bond donors (Lipinski definition) is 2. The van der Waals surface area contributed by atoms with E-state index in [0.29, 0.717) is 38.3 Å². The lowest BCUT2D eigenvalue weighted by Gasteiger charge is -2.12. The molecular weight excluding hydrogens is 383 g/mol. The fraction of sp³-hybridized carbons (Fsp3) is 0.0588. The summed E-state index contributed by atoms with van der Waals surface area (Å²) in [5.41, 5.74) is 1.43. The zero-order chi connectivity index (χ0) is 17.8. The standard InChI is InChI=1S/C17H13Cl3N4O/c1-25-15-5-2-10(18)8-14(15)23-16-6-7-21-17(24-16)22-11-3-4-12(19)13(20)9-11/h2-9H,1H3,(H2,21,22,23,24).